The average Bonchev–Trinajstić information content (AvgIpc) is 3.12. The van der Waals surface area contributed by atoms with Crippen molar-refractivity contribution in [2.24, 2.45) is 0 Å². The Bertz CT molecular complexity index is 1210. The number of amides is 2. The second-order valence-corrected chi connectivity index (χ2v) is 8.09. The van der Waals surface area contributed by atoms with Gasteiger partial charge in [-0.1, -0.05) is 54.6 Å². The molecule has 0 saturated heterocycles. The van der Waals surface area contributed by atoms with E-state index in [2.05, 4.69) is 10.6 Å². The molecule has 3 aromatic carbocycles. The topological polar surface area (TPSA) is 105 Å². The first kappa shape index (κ1) is 23.0. The summed E-state index contributed by atoms with van der Waals surface area (Å²) in [4.78, 5) is 36.0. The van der Waals surface area contributed by atoms with Gasteiger partial charge in [0.2, 0.25) is 0 Å². The number of para-hydroxylation sites is 1. The Morgan fingerprint density at radius 3 is 2.21 bits per heavy atom. The fraction of sp³-hybridized carbons (Fsp3) is 0.192. The molecule has 0 saturated carbocycles. The van der Waals surface area contributed by atoms with E-state index in [1.54, 1.807) is 0 Å². The smallest absolute Gasteiger partial charge is 0.411 e. The van der Waals surface area contributed by atoms with E-state index in [0.29, 0.717) is 0 Å². The molecule has 1 atom stereocenters. The van der Waals surface area contributed by atoms with Gasteiger partial charge in [-0.05, 0) is 41.3 Å². The highest BCUT2D eigenvalue weighted by atomic mass is 19.1. The molecule has 0 bridgehead atoms. The summed E-state index contributed by atoms with van der Waals surface area (Å²) in [5.74, 6) is -2.77. The maximum absolute atomic E-state index is 14.5. The van der Waals surface area contributed by atoms with Crippen molar-refractivity contribution in [3.63, 3.8) is 0 Å². The normalized spacial score (nSPS) is 12.9. The summed E-state index contributed by atoms with van der Waals surface area (Å²) in [6.45, 7) is 1.55. The number of ether oxygens (including phenoxy) is 1. The Morgan fingerprint density at radius 2 is 1.59 bits per heavy atom. The third-order valence-corrected chi connectivity index (χ3v) is 5.69. The zero-order valence-electron chi connectivity index (χ0n) is 18.4. The lowest BCUT2D eigenvalue weighted by Crippen LogP contribution is -2.35. The maximum Gasteiger partial charge on any atom is 0.411 e. The summed E-state index contributed by atoms with van der Waals surface area (Å²) in [6, 6.07) is 18.8. The van der Waals surface area contributed by atoms with E-state index in [-0.39, 0.29) is 30.2 Å². The highest BCUT2D eigenvalue weighted by Crippen LogP contribution is 2.44. The molecular formula is C26H23FN2O5. The minimum atomic E-state index is -1.08. The molecule has 3 N–H and O–H groups in total. The first-order valence-corrected chi connectivity index (χ1v) is 10.8. The van der Waals surface area contributed by atoms with Crippen LogP contribution < -0.4 is 10.6 Å². The molecule has 34 heavy (non-hydrogen) atoms. The van der Waals surface area contributed by atoms with Crippen molar-refractivity contribution >= 4 is 23.7 Å². The van der Waals surface area contributed by atoms with Crippen LogP contribution in [-0.4, -0.2) is 35.7 Å². The fourth-order valence-corrected chi connectivity index (χ4v) is 4.19. The zero-order valence-corrected chi connectivity index (χ0v) is 18.4. The summed E-state index contributed by atoms with van der Waals surface area (Å²) in [7, 11) is 0. The molecule has 0 spiro atoms. The molecule has 2 amide bonds. The maximum atomic E-state index is 14.5. The minimum absolute atomic E-state index is 0.0332. The van der Waals surface area contributed by atoms with Gasteiger partial charge in [0.15, 0.2) is 0 Å². The predicted molar refractivity (Wildman–Crippen MR) is 124 cm³/mol. The highest BCUT2D eigenvalue weighted by Gasteiger charge is 2.29. The summed E-state index contributed by atoms with van der Waals surface area (Å²) in [5.41, 5.74) is 3.77. The molecule has 0 heterocycles. The minimum Gasteiger partial charge on any atom is -0.481 e. The van der Waals surface area contributed by atoms with Crippen LogP contribution in [-0.2, 0) is 9.53 Å². The van der Waals surface area contributed by atoms with Crippen LogP contribution in [0.15, 0.2) is 66.7 Å². The number of halogens is 1. The molecule has 1 aliphatic rings. The van der Waals surface area contributed by atoms with Gasteiger partial charge in [-0.15, -0.1) is 0 Å². The van der Waals surface area contributed by atoms with Crippen molar-refractivity contribution in [3.8, 4) is 11.1 Å². The Kier molecular flexibility index (Phi) is 6.58. The predicted octanol–water partition coefficient (Wildman–Crippen LogP) is 4.78. The number of hydrogen-bond donors (Lipinski definition) is 3. The quantitative estimate of drug-likeness (QED) is 0.469. The largest absolute Gasteiger partial charge is 0.481 e. The number of hydrogen-bond acceptors (Lipinski definition) is 4. The second kappa shape index (κ2) is 9.74. The van der Waals surface area contributed by atoms with E-state index in [1.807, 2.05) is 48.5 Å². The van der Waals surface area contributed by atoms with Crippen LogP contribution in [0.25, 0.3) is 11.1 Å². The number of carbonyl (C=O) groups excluding carboxylic acids is 2. The van der Waals surface area contributed by atoms with E-state index in [1.165, 1.54) is 19.1 Å². The number of anilines is 1. The number of aliphatic carboxylic acids is 1. The SMILES string of the molecule is C[C@@H](CC(=O)O)NC(=O)c1cccc(F)c1NC(=O)OCC1c2ccccc2-c2ccccc21. The van der Waals surface area contributed by atoms with Gasteiger partial charge in [-0.2, -0.15) is 0 Å². The third kappa shape index (κ3) is 4.76. The lowest BCUT2D eigenvalue weighted by Gasteiger charge is -2.17. The Balaban J connectivity index is 1.47. The number of rotatable bonds is 7. The number of fused-ring (bicyclic) bond motifs is 3. The van der Waals surface area contributed by atoms with E-state index in [9.17, 15) is 18.8 Å². The van der Waals surface area contributed by atoms with Crippen molar-refractivity contribution in [1.82, 2.24) is 5.32 Å². The molecular weight excluding hydrogens is 439 g/mol. The lowest BCUT2D eigenvalue weighted by atomic mass is 9.98. The number of carboxylic acids is 1. The van der Waals surface area contributed by atoms with Crippen molar-refractivity contribution < 1.29 is 28.6 Å². The van der Waals surface area contributed by atoms with Gasteiger partial charge in [-0.25, -0.2) is 9.18 Å². The second-order valence-electron chi connectivity index (χ2n) is 8.09. The molecule has 1 aliphatic carbocycles. The number of benzene rings is 3. The van der Waals surface area contributed by atoms with Crippen molar-refractivity contribution in [1.29, 1.82) is 0 Å². The van der Waals surface area contributed by atoms with E-state index < -0.39 is 29.8 Å². The summed E-state index contributed by atoms with van der Waals surface area (Å²) in [5, 5.41) is 13.7. The molecule has 8 heteroatoms. The van der Waals surface area contributed by atoms with Crippen molar-refractivity contribution in [2.75, 3.05) is 11.9 Å². The first-order chi connectivity index (χ1) is 16.3. The van der Waals surface area contributed by atoms with E-state index in [0.717, 1.165) is 28.3 Å². The standard InChI is InChI=1S/C26H23FN2O5/c1-15(13-23(30)31)28-25(32)20-11-6-12-22(27)24(20)29-26(33)34-14-21-18-9-4-2-7-16(18)17-8-3-5-10-19(17)21/h2-12,15,21H,13-14H2,1H3,(H,28,32)(H,29,33)(H,30,31)/t15-/m0/s1. The van der Waals surface area contributed by atoms with Crippen LogP contribution in [0.1, 0.15) is 40.7 Å². The lowest BCUT2D eigenvalue weighted by molar-refractivity contribution is -0.137. The molecule has 0 aliphatic heterocycles. The fourth-order valence-electron chi connectivity index (χ4n) is 4.19. The average molecular weight is 462 g/mol. The molecule has 0 aromatic heterocycles. The molecule has 4 rings (SSSR count). The molecule has 0 unspecified atom stereocenters. The van der Waals surface area contributed by atoms with Crippen LogP contribution >= 0.6 is 0 Å². The van der Waals surface area contributed by atoms with Crippen LogP contribution in [0.3, 0.4) is 0 Å². The number of carboxylic acid groups (broad SMARTS) is 1. The zero-order chi connectivity index (χ0) is 24.2. The van der Waals surface area contributed by atoms with Crippen LogP contribution in [0.2, 0.25) is 0 Å². The summed E-state index contributed by atoms with van der Waals surface area (Å²) >= 11 is 0. The Morgan fingerprint density at radius 1 is 0.971 bits per heavy atom. The molecule has 174 valence electrons. The molecule has 0 radical (unpaired) electrons. The monoisotopic (exact) mass is 462 g/mol. The first-order valence-electron chi connectivity index (χ1n) is 10.8. The highest BCUT2D eigenvalue weighted by molar-refractivity contribution is 6.03. The van der Waals surface area contributed by atoms with Gasteiger partial charge in [0, 0.05) is 12.0 Å². The molecule has 0 fully saturated rings. The third-order valence-electron chi connectivity index (χ3n) is 5.69. The number of nitrogens with one attached hydrogen (secondary N) is 2. The van der Waals surface area contributed by atoms with E-state index >= 15 is 0 Å². The van der Waals surface area contributed by atoms with Crippen LogP contribution in [0.5, 0.6) is 0 Å². The van der Waals surface area contributed by atoms with E-state index in [4.69, 9.17) is 9.84 Å². The Labute approximate surface area is 195 Å². The molecule has 7 nitrogen and oxygen atoms in total. The van der Waals surface area contributed by atoms with Crippen LogP contribution in [0, 0.1) is 5.82 Å². The van der Waals surface area contributed by atoms with Gasteiger partial charge in [0.25, 0.3) is 5.91 Å². The van der Waals surface area contributed by atoms with Gasteiger partial charge >= 0.3 is 12.1 Å². The van der Waals surface area contributed by atoms with Crippen LogP contribution in [0.4, 0.5) is 14.9 Å². The van der Waals surface area contributed by atoms with Crippen molar-refractivity contribution in [3.05, 3.63) is 89.2 Å². The summed E-state index contributed by atoms with van der Waals surface area (Å²) < 4.78 is 20.0. The Hall–Kier alpha value is -4.20. The van der Waals surface area contributed by atoms with Gasteiger partial charge in [0.1, 0.15) is 12.4 Å². The summed E-state index contributed by atoms with van der Waals surface area (Å²) in [6.07, 6.45) is -1.20. The van der Waals surface area contributed by atoms with Crippen molar-refractivity contribution in [2.45, 2.75) is 25.3 Å². The number of carbonyl (C=O) groups is 3. The van der Waals surface area contributed by atoms with Gasteiger partial charge < -0.3 is 15.2 Å². The van der Waals surface area contributed by atoms with Gasteiger partial charge in [0.05, 0.1) is 17.7 Å². The van der Waals surface area contributed by atoms with Gasteiger partial charge in [-0.3, -0.25) is 14.9 Å². The molecule has 3 aromatic rings.